The number of azo groups is 1. The van der Waals surface area contributed by atoms with Crippen LogP contribution in [0.5, 0.6) is 0 Å². The number of rotatable bonds is 4. The number of carbonyl (C=O) groups excluding carboxylic acids is 1. The van der Waals surface area contributed by atoms with Crippen molar-refractivity contribution in [1.82, 2.24) is 9.38 Å². The van der Waals surface area contributed by atoms with Gasteiger partial charge in [-0.05, 0) is 37.6 Å². The molecule has 0 spiro atoms. The Bertz CT molecular complexity index is 979. The molecule has 0 radical (unpaired) electrons. The quantitative estimate of drug-likeness (QED) is 0.527. The fourth-order valence-corrected chi connectivity index (χ4v) is 2.51. The molecular formula is C18H17FN4O2. The molecule has 3 rings (SSSR count). The summed E-state index contributed by atoms with van der Waals surface area (Å²) in [4.78, 5) is 16.0. The molecule has 0 aliphatic heterocycles. The fourth-order valence-electron chi connectivity index (χ4n) is 2.51. The molecule has 0 aliphatic rings. The van der Waals surface area contributed by atoms with Gasteiger partial charge in [0.1, 0.15) is 11.5 Å². The third-order valence-corrected chi connectivity index (χ3v) is 3.77. The molecule has 0 saturated carbocycles. The highest BCUT2D eigenvalue weighted by Gasteiger charge is 2.16. The van der Waals surface area contributed by atoms with Crippen molar-refractivity contribution >= 4 is 23.1 Å². The average molecular weight is 340 g/mol. The standard InChI is InChI=1S/C18H17FN4O2/c1-11-4-6-14(12(2)8-11)21-22-18-15(9-17(24)25-3)20-16-7-5-13(19)10-23(16)18/h4-8,10H,9H2,1-3H3. The Labute approximate surface area is 144 Å². The number of pyridine rings is 1. The number of fused-ring (bicyclic) bond motifs is 1. The first-order valence-electron chi connectivity index (χ1n) is 7.70. The highest BCUT2D eigenvalue weighted by Crippen LogP contribution is 2.27. The Kier molecular flexibility index (Phi) is 4.56. The van der Waals surface area contributed by atoms with E-state index < -0.39 is 11.8 Å². The van der Waals surface area contributed by atoms with E-state index in [-0.39, 0.29) is 6.42 Å². The third-order valence-electron chi connectivity index (χ3n) is 3.77. The highest BCUT2D eigenvalue weighted by atomic mass is 19.1. The fraction of sp³-hybridized carbons (Fsp3) is 0.222. The first-order valence-corrected chi connectivity index (χ1v) is 7.70. The second kappa shape index (κ2) is 6.80. The van der Waals surface area contributed by atoms with Crippen LogP contribution >= 0.6 is 0 Å². The lowest BCUT2D eigenvalue weighted by Crippen LogP contribution is -2.04. The molecule has 0 atom stereocenters. The van der Waals surface area contributed by atoms with Crippen LogP contribution in [0.25, 0.3) is 5.65 Å². The molecule has 2 aromatic heterocycles. The van der Waals surface area contributed by atoms with Crippen molar-refractivity contribution < 1.29 is 13.9 Å². The predicted octanol–water partition coefficient (Wildman–Crippen LogP) is 4.22. The van der Waals surface area contributed by atoms with Gasteiger partial charge in [0.2, 0.25) is 0 Å². The number of benzene rings is 1. The molecule has 3 aromatic rings. The van der Waals surface area contributed by atoms with Crippen LogP contribution in [0.4, 0.5) is 15.9 Å². The minimum Gasteiger partial charge on any atom is -0.469 e. The summed E-state index contributed by atoms with van der Waals surface area (Å²) >= 11 is 0. The zero-order valence-corrected chi connectivity index (χ0v) is 14.2. The smallest absolute Gasteiger partial charge is 0.311 e. The van der Waals surface area contributed by atoms with Crippen LogP contribution < -0.4 is 0 Å². The molecule has 25 heavy (non-hydrogen) atoms. The molecule has 0 unspecified atom stereocenters. The molecule has 0 bridgehead atoms. The van der Waals surface area contributed by atoms with Gasteiger partial charge in [-0.25, -0.2) is 9.37 Å². The van der Waals surface area contributed by atoms with Gasteiger partial charge in [0.25, 0.3) is 0 Å². The number of aryl methyl sites for hydroxylation is 2. The summed E-state index contributed by atoms with van der Waals surface area (Å²) in [6.07, 6.45) is 1.19. The summed E-state index contributed by atoms with van der Waals surface area (Å²) in [5, 5.41) is 8.49. The summed E-state index contributed by atoms with van der Waals surface area (Å²) in [5.74, 6) is -0.579. The van der Waals surface area contributed by atoms with E-state index >= 15 is 0 Å². The van der Waals surface area contributed by atoms with Crippen LogP contribution in [0.2, 0.25) is 0 Å². The summed E-state index contributed by atoms with van der Waals surface area (Å²) in [5.41, 5.74) is 3.65. The number of methoxy groups -OCH3 is 1. The number of halogens is 1. The summed E-state index contributed by atoms with van der Waals surface area (Å²) in [6, 6.07) is 8.61. The number of aromatic nitrogens is 2. The number of esters is 1. The molecule has 0 amide bonds. The molecule has 128 valence electrons. The lowest BCUT2D eigenvalue weighted by Gasteiger charge is -2.01. The Balaban J connectivity index is 2.08. The van der Waals surface area contributed by atoms with E-state index in [1.54, 1.807) is 0 Å². The van der Waals surface area contributed by atoms with Crippen LogP contribution in [0.3, 0.4) is 0 Å². The van der Waals surface area contributed by atoms with E-state index in [9.17, 15) is 9.18 Å². The van der Waals surface area contributed by atoms with Crippen molar-refractivity contribution in [3.8, 4) is 0 Å². The van der Waals surface area contributed by atoms with Gasteiger partial charge in [-0.15, -0.1) is 10.2 Å². The second-order valence-electron chi connectivity index (χ2n) is 5.70. The van der Waals surface area contributed by atoms with Gasteiger partial charge in [-0.3, -0.25) is 9.20 Å². The minimum atomic E-state index is -0.452. The van der Waals surface area contributed by atoms with Crippen molar-refractivity contribution in [3.05, 3.63) is 59.2 Å². The summed E-state index contributed by atoms with van der Waals surface area (Å²) < 4.78 is 19.8. The molecular weight excluding hydrogens is 323 g/mol. The first-order chi connectivity index (χ1) is 12.0. The molecule has 0 fully saturated rings. The summed E-state index contributed by atoms with van der Waals surface area (Å²) in [7, 11) is 1.30. The Hall–Kier alpha value is -3.09. The second-order valence-corrected chi connectivity index (χ2v) is 5.70. The van der Waals surface area contributed by atoms with Gasteiger partial charge in [-0.1, -0.05) is 17.7 Å². The maximum Gasteiger partial charge on any atom is 0.311 e. The number of carbonyl (C=O) groups is 1. The molecule has 0 saturated heterocycles. The van der Waals surface area contributed by atoms with Gasteiger partial charge in [0.05, 0.1) is 24.9 Å². The van der Waals surface area contributed by atoms with Gasteiger partial charge >= 0.3 is 5.97 Å². The Morgan fingerprint density at radius 2 is 2.04 bits per heavy atom. The maximum atomic E-state index is 13.6. The highest BCUT2D eigenvalue weighted by molar-refractivity contribution is 5.74. The minimum absolute atomic E-state index is 0.0684. The zero-order valence-electron chi connectivity index (χ0n) is 14.2. The number of ether oxygens (including phenoxy) is 1. The van der Waals surface area contributed by atoms with E-state index in [2.05, 4.69) is 19.9 Å². The van der Waals surface area contributed by atoms with Gasteiger partial charge in [-0.2, -0.15) is 0 Å². The predicted molar refractivity (Wildman–Crippen MR) is 91.0 cm³/mol. The van der Waals surface area contributed by atoms with Crippen LogP contribution in [-0.2, 0) is 16.0 Å². The van der Waals surface area contributed by atoms with Crippen molar-refractivity contribution in [2.75, 3.05) is 7.11 Å². The molecule has 2 heterocycles. The van der Waals surface area contributed by atoms with Gasteiger partial charge < -0.3 is 4.74 Å². The Morgan fingerprint density at radius 1 is 1.24 bits per heavy atom. The molecule has 0 N–H and O–H groups in total. The maximum absolute atomic E-state index is 13.6. The van der Waals surface area contributed by atoms with E-state index in [1.165, 1.54) is 29.8 Å². The monoisotopic (exact) mass is 340 g/mol. The molecule has 7 heteroatoms. The number of hydrogen-bond donors (Lipinski definition) is 0. The van der Waals surface area contributed by atoms with E-state index in [4.69, 9.17) is 0 Å². The van der Waals surface area contributed by atoms with Crippen molar-refractivity contribution in [3.63, 3.8) is 0 Å². The lowest BCUT2D eigenvalue weighted by molar-refractivity contribution is -0.139. The van der Waals surface area contributed by atoms with Crippen molar-refractivity contribution in [2.45, 2.75) is 20.3 Å². The largest absolute Gasteiger partial charge is 0.469 e. The molecule has 1 aromatic carbocycles. The van der Waals surface area contributed by atoms with E-state index in [0.717, 1.165) is 11.1 Å². The number of nitrogens with zero attached hydrogens (tertiary/aromatic N) is 4. The third kappa shape index (κ3) is 3.55. The topological polar surface area (TPSA) is 68.3 Å². The average Bonchev–Trinajstić information content (AvgIpc) is 2.90. The molecule has 6 nitrogen and oxygen atoms in total. The van der Waals surface area contributed by atoms with E-state index in [0.29, 0.717) is 22.8 Å². The van der Waals surface area contributed by atoms with Crippen LogP contribution in [0.1, 0.15) is 16.8 Å². The van der Waals surface area contributed by atoms with Crippen LogP contribution in [0.15, 0.2) is 46.8 Å². The van der Waals surface area contributed by atoms with Crippen molar-refractivity contribution in [2.24, 2.45) is 10.2 Å². The summed E-state index contributed by atoms with van der Waals surface area (Å²) in [6.45, 7) is 3.93. The van der Waals surface area contributed by atoms with Crippen molar-refractivity contribution in [1.29, 1.82) is 0 Å². The molecule has 0 aliphatic carbocycles. The number of hydrogen-bond acceptors (Lipinski definition) is 5. The Morgan fingerprint density at radius 3 is 2.76 bits per heavy atom. The van der Waals surface area contributed by atoms with Crippen LogP contribution in [-0.4, -0.2) is 22.5 Å². The lowest BCUT2D eigenvalue weighted by atomic mass is 10.1. The van der Waals surface area contributed by atoms with Crippen LogP contribution in [0, 0.1) is 19.7 Å². The van der Waals surface area contributed by atoms with E-state index in [1.807, 2.05) is 32.0 Å². The number of imidazole rings is 1. The normalized spacial score (nSPS) is 11.4. The first kappa shape index (κ1) is 16.8. The van der Waals surface area contributed by atoms with Gasteiger partial charge in [0.15, 0.2) is 5.82 Å². The zero-order chi connectivity index (χ0) is 18.0. The van der Waals surface area contributed by atoms with Gasteiger partial charge in [0, 0.05) is 6.20 Å². The SMILES string of the molecule is COC(=O)Cc1nc2ccc(F)cn2c1N=Nc1ccc(C)cc1C.